The molecule has 0 aromatic heterocycles. The van der Waals surface area contributed by atoms with E-state index in [2.05, 4.69) is 17.3 Å². The minimum Gasteiger partial charge on any atom is -0.356 e. The topological polar surface area (TPSA) is 32.3 Å². The number of likely N-dealkylation sites (tertiary alicyclic amines) is 1. The van der Waals surface area contributed by atoms with Gasteiger partial charge in [0.1, 0.15) is 0 Å². The zero-order valence-electron chi connectivity index (χ0n) is 11.5. The maximum absolute atomic E-state index is 11.3. The molecule has 0 radical (unpaired) electrons. The van der Waals surface area contributed by atoms with Gasteiger partial charge in [-0.1, -0.05) is 27.7 Å². The van der Waals surface area contributed by atoms with E-state index in [1.54, 1.807) is 0 Å². The van der Waals surface area contributed by atoms with Crippen LogP contribution in [-0.4, -0.2) is 37.0 Å². The number of rotatable bonds is 4. The van der Waals surface area contributed by atoms with Crippen LogP contribution < -0.4 is 5.32 Å². The molecule has 1 saturated heterocycles. The van der Waals surface area contributed by atoms with Crippen molar-refractivity contribution in [1.82, 2.24) is 10.2 Å². The Morgan fingerprint density at radius 1 is 1.44 bits per heavy atom. The average Bonchev–Trinajstić information content (AvgIpc) is 2.67. The summed E-state index contributed by atoms with van der Waals surface area (Å²) in [7, 11) is 2.17. The highest BCUT2D eigenvalue weighted by atomic mass is 16.1. The molecular formula is C13H28N2O. The van der Waals surface area contributed by atoms with E-state index < -0.39 is 0 Å². The van der Waals surface area contributed by atoms with Crippen LogP contribution in [0.2, 0.25) is 0 Å². The summed E-state index contributed by atoms with van der Waals surface area (Å²) in [5.74, 6) is 0.280. The van der Waals surface area contributed by atoms with Gasteiger partial charge < -0.3 is 10.2 Å². The summed E-state index contributed by atoms with van der Waals surface area (Å²) in [6, 6.07) is 0.683. The molecule has 3 heteroatoms. The van der Waals surface area contributed by atoms with Crippen molar-refractivity contribution in [3.8, 4) is 0 Å². The summed E-state index contributed by atoms with van der Waals surface area (Å²) in [4.78, 5) is 13.7. The third kappa shape index (κ3) is 5.50. The Bertz CT molecular complexity index is 192. The lowest BCUT2D eigenvalue weighted by Crippen LogP contribution is -2.33. The molecule has 0 aromatic rings. The predicted octanol–water partition coefficient (Wildman–Crippen LogP) is 2.27. The molecular weight excluding hydrogens is 200 g/mol. The second kappa shape index (κ2) is 8.57. The number of carbonyl (C=O) groups excluding carboxylic acids is 1. The number of carbonyl (C=O) groups is 1. The van der Waals surface area contributed by atoms with E-state index in [4.69, 9.17) is 0 Å². The molecule has 1 aliphatic heterocycles. The number of hydrogen-bond donors (Lipinski definition) is 1. The zero-order valence-corrected chi connectivity index (χ0v) is 11.5. The van der Waals surface area contributed by atoms with Gasteiger partial charge >= 0.3 is 0 Å². The van der Waals surface area contributed by atoms with E-state index in [1.807, 2.05) is 27.7 Å². The quantitative estimate of drug-likeness (QED) is 0.800. The number of nitrogens with zero attached hydrogens (tertiary/aromatic N) is 1. The Hall–Kier alpha value is -0.570. The van der Waals surface area contributed by atoms with Gasteiger partial charge in [0.2, 0.25) is 5.91 Å². The van der Waals surface area contributed by atoms with E-state index in [0.29, 0.717) is 6.04 Å². The first-order chi connectivity index (χ1) is 7.61. The third-order valence-electron chi connectivity index (χ3n) is 2.97. The highest BCUT2D eigenvalue weighted by molar-refractivity contribution is 5.77. The molecule has 1 N–H and O–H groups in total. The van der Waals surface area contributed by atoms with E-state index in [1.165, 1.54) is 19.4 Å². The number of hydrogen-bond acceptors (Lipinski definition) is 2. The van der Waals surface area contributed by atoms with E-state index >= 15 is 0 Å². The van der Waals surface area contributed by atoms with E-state index in [0.717, 1.165) is 13.0 Å². The van der Waals surface area contributed by atoms with Gasteiger partial charge in [0.25, 0.3) is 0 Å². The fourth-order valence-corrected chi connectivity index (χ4v) is 1.91. The fraction of sp³-hybridized carbons (Fsp3) is 0.923. The molecule has 16 heavy (non-hydrogen) atoms. The van der Waals surface area contributed by atoms with Gasteiger partial charge in [-0.3, -0.25) is 4.79 Å². The lowest BCUT2D eigenvalue weighted by Gasteiger charge is -2.19. The van der Waals surface area contributed by atoms with Crippen molar-refractivity contribution in [2.24, 2.45) is 5.92 Å². The number of nitrogens with one attached hydrogen (secondary N) is 1. The molecule has 96 valence electrons. The monoisotopic (exact) mass is 228 g/mol. The van der Waals surface area contributed by atoms with Crippen molar-refractivity contribution in [3.05, 3.63) is 0 Å². The molecule has 1 aliphatic rings. The lowest BCUT2D eigenvalue weighted by molar-refractivity contribution is -0.124. The Kier molecular flexibility index (Phi) is 8.26. The molecule has 1 fully saturated rings. The molecule has 1 atom stereocenters. The maximum atomic E-state index is 11.3. The maximum Gasteiger partial charge on any atom is 0.222 e. The van der Waals surface area contributed by atoms with Crippen molar-refractivity contribution in [1.29, 1.82) is 0 Å². The predicted molar refractivity (Wildman–Crippen MR) is 69.5 cm³/mol. The first kappa shape index (κ1) is 15.4. The Morgan fingerprint density at radius 3 is 2.50 bits per heavy atom. The van der Waals surface area contributed by atoms with Crippen LogP contribution in [0.15, 0.2) is 0 Å². The van der Waals surface area contributed by atoms with Gasteiger partial charge in [-0.05, 0) is 32.9 Å². The van der Waals surface area contributed by atoms with Crippen LogP contribution in [0.4, 0.5) is 0 Å². The summed E-state index contributed by atoms with van der Waals surface area (Å²) < 4.78 is 0. The summed E-state index contributed by atoms with van der Waals surface area (Å²) in [5, 5.41) is 2.96. The van der Waals surface area contributed by atoms with Gasteiger partial charge in [0.15, 0.2) is 0 Å². The van der Waals surface area contributed by atoms with E-state index in [9.17, 15) is 4.79 Å². The molecule has 1 heterocycles. The smallest absolute Gasteiger partial charge is 0.222 e. The van der Waals surface area contributed by atoms with Crippen molar-refractivity contribution in [2.45, 2.75) is 53.0 Å². The SMILES string of the molecule is CC.CC(C)C(=O)NCCC1CCCN1C. The molecule has 0 spiro atoms. The summed E-state index contributed by atoms with van der Waals surface area (Å²) in [6.45, 7) is 9.89. The van der Waals surface area contributed by atoms with E-state index in [-0.39, 0.29) is 11.8 Å². The molecule has 0 saturated carbocycles. The lowest BCUT2D eigenvalue weighted by atomic mass is 10.1. The van der Waals surface area contributed by atoms with Crippen LogP contribution in [0.1, 0.15) is 47.0 Å². The standard InChI is InChI=1S/C11H22N2O.C2H6/c1-9(2)11(14)12-7-6-10-5-4-8-13(10)3;1-2/h9-10H,4-8H2,1-3H3,(H,12,14);1-2H3. The first-order valence-electron chi connectivity index (χ1n) is 6.59. The average molecular weight is 228 g/mol. The van der Waals surface area contributed by atoms with Gasteiger partial charge in [0, 0.05) is 18.5 Å². The van der Waals surface area contributed by atoms with Gasteiger partial charge in [0.05, 0.1) is 0 Å². The van der Waals surface area contributed by atoms with Crippen LogP contribution in [0.5, 0.6) is 0 Å². The highest BCUT2D eigenvalue weighted by Crippen LogP contribution is 2.16. The van der Waals surface area contributed by atoms with Gasteiger partial charge in [-0.25, -0.2) is 0 Å². The Balaban J connectivity index is 0.00000106. The fourth-order valence-electron chi connectivity index (χ4n) is 1.91. The zero-order chi connectivity index (χ0) is 12.6. The first-order valence-corrected chi connectivity index (χ1v) is 6.59. The third-order valence-corrected chi connectivity index (χ3v) is 2.97. The second-order valence-corrected chi connectivity index (χ2v) is 4.51. The van der Waals surface area contributed by atoms with Crippen LogP contribution in [0.3, 0.4) is 0 Å². The Morgan fingerprint density at radius 2 is 2.06 bits per heavy atom. The molecule has 1 amide bonds. The molecule has 0 bridgehead atoms. The number of amides is 1. The normalized spacial score (nSPS) is 20.5. The second-order valence-electron chi connectivity index (χ2n) is 4.51. The van der Waals surface area contributed by atoms with Crippen LogP contribution in [0.25, 0.3) is 0 Å². The largest absolute Gasteiger partial charge is 0.356 e. The minimum atomic E-state index is 0.108. The van der Waals surface area contributed by atoms with Crippen LogP contribution in [-0.2, 0) is 4.79 Å². The van der Waals surface area contributed by atoms with Crippen molar-refractivity contribution >= 4 is 5.91 Å². The highest BCUT2D eigenvalue weighted by Gasteiger charge is 2.20. The molecule has 0 aliphatic carbocycles. The summed E-state index contributed by atoms with van der Waals surface area (Å²) in [5.41, 5.74) is 0. The van der Waals surface area contributed by atoms with Crippen molar-refractivity contribution in [2.75, 3.05) is 20.1 Å². The van der Waals surface area contributed by atoms with Crippen LogP contribution in [0, 0.1) is 5.92 Å². The van der Waals surface area contributed by atoms with Gasteiger partial charge in [-0.15, -0.1) is 0 Å². The van der Waals surface area contributed by atoms with Crippen molar-refractivity contribution in [3.63, 3.8) is 0 Å². The molecule has 3 nitrogen and oxygen atoms in total. The molecule has 1 rings (SSSR count). The Labute approximate surface area is 101 Å². The molecule has 0 aromatic carbocycles. The summed E-state index contributed by atoms with van der Waals surface area (Å²) >= 11 is 0. The van der Waals surface area contributed by atoms with Crippen molar-refractivity contribution < 1.29 is 4.79 Å². The van der Waals surface area contributed by atoms with Crippen LogP contribution >= 0.6 is 0 Å². The minimum absolute atomic E-state index is 0.108. The summed E-state index contributed by atoms with van der Waals surface area (Å²) in [6.07, 6.45) is 3.68. The van der Waals surface area contributed by atoms with Gasteiger partial charge in [-0.2, -0.15) is 0 Å². The molecule has 1 unspecified atom stereocenters.